The van der Waals surface area contributed by atoms with Crippen LogP contribution in [0.5, 0.6) is 0 Å². The molecule has 0 aliphatic rings. The van der Waals surface area contributed by atoms with Gasteiger partial charge in [0, 0.05) is 10.8 Å². The summed E-state index contributed by atoms with van der Waals surface area (Å²) in [4.78, 5) is 13.5. The normalized spacial score (nSPS) is 11.0. The Morgan fingerprint density at radius 1 is 0.905 bits per heavy atom. The van der Waals surface area contributed by atoms with Crippen molar-refractivity contribution in [3.8, 4) is 0 Å². The van der Waals surface area contributed by atoms with E-state index in [4.69, 9.17) is 9.90 Å². The number of aromatic nitrogens is 1. The number of nitrogens with zero attached hydrogens (tertiary/aromatic N) is 1. The summed E-state index contributed by atoms with van der Waals surface area (Å²) >= 11 is 0. The van der Waals surface area contributed by atoms with Gasteiger partial charge < -0.3 is 5.11 Å². The summed E-state index contributed by atoms with van der Waals surface area (Å²) in [5, 5.41) is 9.53. The van der Waals surface area contributed by atoms with E-state index < -0.39 is 12.1 Å². The lowest BCUT2D eigenvalue weighted by atomic mass is 10.1. The van der Waals surface area contributed by atoms with Crippen LogP contribution < -0.4 is 0 Å². The van der Waals surface area contributed by atoms with Gasteiger partial charge in [-0.05, 0) is 18.2 Å². The van der Waals surface area contributed by atoms with E-state index in [1.165, 1.54) is 10.8 Å². The zero-order valence-electron chi connectivity index (χ0n) is 10.6. The number of alkyl halides is 3. The molecule has 0 saturated carbocycles. The van der Waals surface area contributed by atoms with Gasteiger partial charge in [0.25, 0.3) is 0 Å². The van der Waals surface area contributed by atoms with Gasteiger partial charge in [0.15, 0.2) is 0 Å². The molecular weight excluding hydrogens is 283 g/mol. The first-order chi connectivity index (χ1) is 9.88. The first-order valence-electron chi connectivity index (χ1n) is 5.92. The third-order valence-corrected chi connectivity index (χ3v) is 2.67. The highest BCUT2D eigenvalue weighted by molar-refractivity contribution is 5.92. The molecule has 0 aliphatic carbocycles. The van der Waals surface area contributed by atoms with E-state index in [9.17, 15) is 13.2 Å². The first-order valence-corrected chi connectivity index (χ1v) is 5.92. The third kappa shape index (κ3) is 3.68. The van der Waals surface area contributed by atoms with Crippen molar-refractivity contribution in [2.45, 2.75) is 6.18 Å². The van der Waals surface area contributed by atoms with Crippen LogP contribution in [0.4, 0.5) is 13.2 Å². The lowest BCUT2D eigenvalue weighted by Gasteiger charge is -1.99. The lowest BCUT2D eigenvalue weighted by molar-refractivity contribution is -0.192. The maximum absolute atomic E-state index is 10.6. The number of carbonyl (C=O) groups is 1. The number of pyridine rings is 1. The van der Waals surface area contributed by atoms with Gasteiger partial charge in [-0.15, -0.1) is 0 Å². The molecule has 0 atom stereocenters. The Kier molecular flexibility index (Phi) is 4.07. The van der Waals surface area contributed by atoms with Crippen LogP contribution in [0.1, 0.15) is 0 Å². The van der Waals surface area contributed by atoms with E-state index in [-0.39, 0.29) is 0 Å². The molecule has 3 rings (SSSR count). The van der Waals surface area contributed by atoms with Crippen LogP contribution in [0.15, 0.2) is 54.6 Å². The van der Waals surface area contributed by atoms with Crippen LogP contribution in [0.25, 0.3) is 21.8 Å². The number of carboxylic acid groups (broad SMARTS) is 1. The number of rotatable bonds is 0. The molecule has 21 heavy (non-hydrogen) atoms. The van der Waals surface area contributed by atoms with Crippen LogP contribution in [-0.4, -0.2) is 22.2 Å². The van der Waals surface area contributed by atoms with Crippen molar-refractivity contribution in [1.29, 1.82) is 0 Å². The minimum absolute atomic E-state index is 1.06. The maximum Gasteiger partial charge on any atom is 0.490 e. The van der Waals surface area contributed by atoms with Crippen molar-refractivity contribution < 1.29 is 23.1 Å². The number of carboxylic acids is 1. The van der Waals surface area contributed by atoms with Crippen LogP contribution in [0.3, 0.4) is 0 Å². The number of hydrogen-bond acceptors (Lipinski definition) is 2. The Labute approximate surface area is 117 Å². The van der Waals surface area contributed by atoms with Gasteiger partial charge in [-0.25, -0.2) is 9.78 Å². The molecule has 108 valence electrons. The summed E-state index contributed by atoms with van der Waals surface area (Å²) in [7, 11) is 0. The quantitative estimate of drug-likeness (QED) is 0.637. The van der Waals surface area contributed by atoms with Gasteiger partial charge in [-0.1, -0.05) is 36.4 Å². The van der Waals surface area contributed by atoms with Crippen LogP contribution >= 0.6 is 0 Å². The summed E-state index contributed by atoms with van der Waals surface area (Å²) in [5.74, 6) is -2.76. The Balaban J connectivity index is 0.000000199. The topological polar surface area (TPSA) is 50.2 Å². The predicted octanol–water partition coefficient (Wildman–Crippen LogP) is 4.02. The Hall–Kier alpha value is -2.63. The van der Waals surface area contributed by atoms with Gasteiger partial charge in [-0.2, -0.15) is 13.2 Å². The van der Waals surface area contributed by atoms with Crippen molar-refractivity contribution in [1.82, 2.24) is 4.98 Å². The lowest BCUT2D eigenvalue weighted by Crippen LogP contribution is -2.21. The second-order valence-electron chi connectivity index (χ2n) is 4.18. The number of hydrogen-bond donors (Lipinski definition) is 1. The summed E-state index contributed by atoms with van der Waals surface area (Å²) < 4.78 is 31.7. The second-order valence-corrected chi connectivity index (χ2v) is 4.18. The molecule has 1 N–H and O–H groups in total. The summed E-state index contributed by atoms with van der Waals surface area (Å²) in [5.41, 5.74) is 2.12. The molecule has 0 radical (unpaired) electrons. The Morgan fingerprint density at radius 3 is 1.67 bits per heavy atom. The fraction of sp³-hybridized carbons (Fsp3) is 0.0667. The van der Waals surface area contributed by atoms with E-state index in [1.54, 1.807) is 0 Å². The molecule has 0 bridgehead atoms. The molecule has 2 aromatic carbocycles. The number of halogens is 3. The Bertz CT molecular complexity index is 679. The van der Waals surface area contributed by atoms with Crippen LogP contribution in [0, 0.1) is 0 Å². The summed E-state index contributed by atoms with van der Waals surface area (Å²) in [6.45, 7) is 0. The zero-order valence-corrected chi connectivity index (χ0v) is 10.6. The standard InChI is InChI=1S/C13H9N.C2HF3O2/c1-3-7-12-10(5-1)9-11-6-2-4-8-13(11)14-12;3-2(4,5)1(6)7/h1-9H;(H,6,7). The van der Waals surface area contributed by atoms with Crippen molar-refractivity contribution in [3.05, 3.63) is 54.6 Å². The van der Waals surface area contributed by atoms with Crippen molar-refractivity contribution in [2.24, 2.45) is 0 Å². The predicted molar refractivity (Wildman–Crippen MR) is 72.9 cm³/mol. The van der Waals surface area contributed by atoms with Crippen molar-refractivity contribution in [3.63, 3.8) is 0 Å². The van der Waals surface area contributed by atoms with Gasteiger partial charge in [0.05, 0.1) is 11.0 Å². The highest BCUT2D eigenvalue weighted by atomic mass is 19.4. The molecule has 3 nitrogen and oxygen atoms in total. The zero-order chi connectivity index (χ0) is 15.5. The number of benzene rings is 2. The monoisotopic (exact) mass is 293 g/mol. The molecule has 1 aromatic heterocycles. The number of aliphatic carboxylic acids is 1. The van der Waals surface area contributed by atoms with E-state index >= 15 is 0 Å². The SMILES string of the molecule is O=C(O)C(F)(F)F.c1ccc2nc3ccccc3cc2c1. The maximum atomic E-state index is 10.6. The van der Waals surface area contributed by atoms with E-state index in [0.29, 0.717) is 0 Å². The molecule has 0 fully saturated rings. The Morgan fingerprint density at radius 2 is 1.29 bits per heavy atom. The van der Waals surface area contributed by atoms with E-state index in [0.717, 1.165) is 11.0 Å². The van der Waals surface area contributed by atoms with Crippen LogP contribution in [-0.2, 0) is 4.79 Å². The van der Waals surface area contributed by atoms with Crippen molar-refractivity contribution >= 4 is 27.8 Å². The molecule has 0 saturated heterocycles. The van der Waals surface area contributed by atoms with Crippen molar-refractivity contribution in [2.75, 3.05) is 0 Å². The molecule has 0 spiro atoms. The molecule has 1 heterocycles. The van der Waals surface area contributed by atoms with Gasteiger partial charge >= 0.3 is 12.1 Å². The van der Waals surface area contributed by atoms with Gasteiger partial charge in [0.1, 0.15) is 0 Å². The first kappa shape index (κ1) is 14.8. The molecule has 6 heteroatoms. The molecule has 3 aromatic rings. The molecule has 0 aliphatic heterocycles. The molecule has 0 unspecified atom stereocenters. The van der Waals surface area contributed by atoms with Gasteiger partial charge in [0.2, 0.25) is 0 Å². The van der Waals surface area contributed by atoms with Crippen LogP contribution in [0.2, 0.25) is 0 Å². The summed E-state index contributed by atoms with van der Waals surface area (Å²) in [6.07, 6.45) is -5.08. The van der Waals surface area contributed by atoms with E-state index in [2.05, 4.69) is 23.2 Å². The highest BCUT2D eigenvalue weighted by Gasteiger charge is 2.38. The second kappa shape index (κ2) is 5.78. The summed E-state index contributed by atoms with van der Waals surface area (Å²) in [6, 6.07) is 18.6. The largest absolute Gasteiger partial charge is 0.490 e. The average molecular weight is 293 g/mol. The fourth-order valence-corrected chi connectivity index (χ4v) is 1.72. The van der Waals surface area contributed by atoms with Gasteiger partial charge in [-0.3, -0.25) is 0 Å². The fourth-order valence-electron chi connectivity index (χ4n) is 1.72. The average Bonchev–Trinajstić information content (AvgIpc) is 2.44. The smallest absolute Gasteiger partial charge is 0.475 e. The highest BCUT2D eigenvalue weighted by Crippen LogP contribution is 2.18. The molecular formula is C15H10F3NO2. The number of para-hydroxylation sites is 2. The number of fused-ring (bicyclic) bond motifs is 2. The minimum atomic E-state index is -5.08. The third-order valence-electron chi connectivity index (χ3n) is 2.67. The minimum Gasteiger partial charge on any atom is -0.475 e. The molecule has 0 amide bonds. The van der Waals surface area contributed by atoms with E-state index in [1.807, 2.05) is 36.4 Å².